The molecule has 0 bridgehead atoms. The highest BCUT2D eigenvalue weighted by atomic mass is 79.9. The van der Waals surface area contributed by atoms with Gasteiger partial charge < -0.3 is 10.4 Å². The number of benzene rings is 1. The van der Waals surface area contributed by atoms with Gasteiger partial charge in [0.25, 0.3) is 0 Å². The van der Waals surface area contributed by atoms with Gasteiger partial charge in [0.15, 0.2) is 0 Å². The van der Waals surface area contributed by atoms with Crippen LogP contribution < -0.4 is 5.32 Å². The highest BCUT2D eigenvalue weighted by molar-refractivity contribution is 9.10. The third-order valence-electron chi connectivity index (χ3n) is 2.72. The van der Waals surface area contributed by atoms with Crippen molar-refractivity contribution in [2.24, 2.45) is 0 Å². The van der Waals surface area contributed by atoms with Crippen LogP contribution in [0, 0.1) is 0 Å². The predicted octanol–water partition coefficient (Wildman–Crippen LogP) is 2.99. The normalized spacial score (nSPS) is 11.4. The van der Waals surface area contributed by atoms with E-state index in [1.807, 2.05) is 19.9 Å². The summed E-state index contributed by atoms with van der Waals surface area (Å²) in [5.74, 6) is -0.837. The lowest BCUT2D eigenvalue weighted by molar-refractivity contribution is -0.118. The van der Waals surface area contributed by atoms with Crippen LogP contribution in [0.1, 0.15) is 43.1 Å². The van der Waals surface area contributed by atoms with Gasteiger partial charge in [0.2, 0.25) is 0 Å². The fourth-order valence-electron chi connectivity index (χ4n) is 1.87. The average molecular weight is 328 g/mol. The predicted molar refractivity (Wildman–Crippen MR) is 77.3 cm³/mol. The molecule has 0 aliphatic rings. The van der Waals surface area contributed by atoms with Crippen LogP contribution in [0.2, 0.25) is 0 Å². The third-order valence-corrected chi connectivity index (χ3v) is 3.41. The Morgan fingerprint density at radius 2 is 2.00 bits per heavy atom. The summed E-state index contributed by atoms with van der Waals surface area (Å²) in [5.41, 5.74) is 0.809. The number of ketones is 1. The minimum atomic E-state index is -0.961. The first-order valence-electron chi connectivity index (χ1n) is 5.97. The van der Waals surface area contributed by atoms with Crippen LogP contribution in [0.25, 0.3) is 0 Å². The molecule has 0 unspecified atom stereocenters. The summed E-state index contributed by atoms with van der Waals surface area (Å²) in [6, 6.07) is 5.20. The number of carboxylic acids is 1. The van der Waals surface area contributed by atoms with Crippen molar-refractivity contribution >= 4 is 27.7 Å². The van der Waals surface area contributed by atoms with Gasteiger partial charge in [-0.2, -0.15) is 0 Å². The first-order chi connectivity index (χ1) is 8.71. The van der Waals surface area contributed by atoms with E-state index in [0.29, 0.717) is 17.4 Å². The van der Waals surface area contributed by atoms with Crippen LogP contribution in [0.5, 0.6) is 0 Å². The van der Waals surface area contributed by atoms with Gasteiger partial charge in [-0.15, -0.1) is 0 Å². The van der Waals surface area contributed by atoms with E-state index in [4.69, 9.17) is 5.11 Å². The van der Waals surface area contributed by atoms with Gasteiger partial charge in [-0.3, -0.25) is 4.79 Å². The Hall–Kier alpha value is -1.20. The average Bonchev–Trinajstić information content (AvgIpc) is 2.26. The molecule has 0 aliphatic heterocycles. The molecule has 19 heavy (non-hydrogen) atoms. The Morgan fingerprint density at radius 3 is 2.53 bits per heavy atom. The first kappa shape index (κ1) is 15.9. The van der Waals surface area contributed by atoms with Gasteiger partial charge in [0.1, 0.15) is 5.78 Å². The van der Waals surface area contributed by atoms with Crippen molar-refractivity contribution in [3.63, 3.8) is 0 Å². The summed E-state index contributed by atoms with van der Waals surface area (Å²) in [5, 5.41) is 12.3. The smallest absolute Gasteiger partial charge is 0.336 e. The van der Waals surface area contributed by atoms with Crippen molar-refractivity contribution in [3.05, 3.63) is 33.8 Å². The van der Waals surface area contributed by atoms with Gasteiger partial charge in [0, 0.05) is 23.0 Å². The SMILES string of the molecule is CC(=O)CC(C)(C)NCc1ccc(Br)c(C(=O)O)c1. The maximum absolute atomic E-state index is 11.1. The molecule has 1 aromatic rings. The number of aromatic carboxylic acids is 1. The second kappa shape index (κ2) is 6.30. The molecule has 0 atom stereocenters. The molecular weight excluding hydrogens is 310 g/mol. The zero-order valence-electron chi connectivity index (χ0n) is 11.3. The van der Waals surface area contributed by atoms with Gasteiger partial charge in [-0.25, -0.2) is 4.79 Å². The van der Waals surface area contributed by atoms with Crippen molar-refractivity contribution < 1.29 is 14.7 Å². The van der Waals surface area contributed by atoms with Gasteiger partial charge in [-0.1, -0.05) is 6.07 Å². The lowest BCUT2D eigenvalue weighted by Gasteiger charge is -2.25. The molecule has 0 saturated heterocycles. The topological polar surface area (TPSA) is 66.4 Å². The van der Waals surface area contributed by atoms with E-state index in [2.05, 4.69) is 21.2 Å². The number of hydrogen-bond acceptors (Lipinski definition) is 3. The minimum Gasteiger partial charge on any atom is -0.478 e. The lowest BCUT2D eigenvalue weighted by atomic mass is 9.97. The van der Waals surface area contributed by atoms with E-state index in [0.717, 1.165) is 5.56 Å². The summed E-state index contributed by atoms with van der Waals surface area (Å²) < 4.78 is 0.562. The standard InChI is InChI=1S/C14H18BrNO3/c1-9(17)7-14(2,3)16-8-10-4-5-12(15)11(6-10)13(18)19/h4-6,16H,7-8H2,1-3H3,(H,18,19). The largest absolute Gasteiger partial charge is 0.478 e. The lowest BCUT2D eigenvalue weighted by Crippen LogP contribution is -2.40. The minimum absolute atomic E-state index is 0.125. The molecule has 0 saturated carbocycles. The first-order valence-corrected chi connectivity index (χ1v) is 6.77. The van der Waals surface area contributed by atoms with Crippen molar-refractivity contribution in [1.82, 2.24) is 5.32 Å². The maximum atomic E-state index is 11.1. The molecule has 0 amide bonds. The van der Waals surface area contributed by atoms with Crippen molar-refractivity contribution in [2.45, 2.75) is 39.3 Å². The van der Waals surface area contributed by atoms with Crippen molar-refractivity contribution in [2.75, 3.05) is 0 Å². The molecular formula is C14H18BrNO3. The summed E-state index contributed by atoms with van der Waals surface area (Å²) in [7, 11) is 0. The summed E-state index contributed by atoms with van der Waals surface area (Å²) in [6.07, 6.45) is 0.440. The molecule has 0 aliphatic carbocycles. The molecule has 0 spiro atoms. The number of carbonyl (C=O) groups excluding carboxylic acids is 1. The van der Waals surface area contributed by atoms with E-state index < -0.39 is 5.97 Å². The zero-order valence-corrected chi connectivity index (χ0v) is 12.9. The number of hydrogen-bond donors (Lipinski definition) is 2. The van der Waals surface area contributed by atoms with Crippen LogP contribution in [0.15, 0.2) is 22.7 Å². The summed E-state index contributed by atoms with van der Waals surface area (Å²) in [6.45, 7) is 5.98. The monoisotopic (exact) mass is 327 g/mol. The Bertz CT molecular complexity index is 497. The van der Waals surface area contributed by atoms with E-state index in [9.17, 15) is 9.59 Å². The van der Waals surface area contributed by atoms with Crippen LogP contribution in [-0.2, 0) is 11.3 Å². The fourth-order valence-corrected chi connectivity index (χ4v) is 2.29. The number of nitrogens with one attached hydrogen (secondary N) is 1. The Balaban J connectivity index is 2.76. The van der Waals surface area contributed by atoms with Gasteiger partial charge in [-0.05, 0) is 54.4 Å². The highest BCUT2D eigenvalue weighted by Crippen LogP contribution is 2.19. The Morgan fingerprint density at radius 1 is 1.37 bits per heavy atom. The van der Waals surface area contributed by atoms with Crippen LogP contribution in [0.3, 0.4) is 0 Å². The molecule has 4 nitrogen and oxygen atoms in total. The van der Waals surface area contributed by atoms with E-state index in [1.165, 1.54) is 0 Å². The van der Waals surface area contributed by atoms with E-state index in [1.54, 1.807) is 19.1 Å². The number of carbonyl (C=O) groups is 2. The molecule has 0 aromatic heterocycles. The van der Waals surface area contributed by atoms with Gasteiger partial charge >= 0.3 is 5.97 Å². The van der Waals surface area contributed by atoms with E-state index >= 15 is 0 Å². The molecule has 104 valence electrons. The Kier molecular flexibility index (Phi) is 5.26. The molecule has 0 fully saturated rings. The number of halogens is 1. The Labute approximate surface area is 121 Å². The van der Waals surface area contributed by atoms with Crippen LogP contribution >= 0.6 is 15.9 Å². The quantitative estimate of drug-likeness (QED) is 0.842. The highest BCUT2D eigenvalue weighted by Gasteiger charge is 2.19. The zero-order chi connectivity index (χ0) is 14.6. The second-order valence-corrected chi connectivity index (χ2v) is 6.09. The number of Topliss-reactive ketones (excluding diaryl/α,β-unsaturated/α-hetero) is 1. The second-order valence-electron chi connectivity index (χ2n) is 5.24. The summed E-state index contributed by atoms with van der Waals surface area (Å²) >= 11 is 3.21. The molecule has 5 heteroatoms. The maximum Gasteiger partial charge on any atom is 0.336 e. The van der Waals surface area contributed by atoms with Crippen LogP contribution in [-0.4, -0.2) is 22.4 Å². The molecule has 2 N–H and O–H groups in total. The molecule has 1 rings (SSSR count). The van der Waals surface area contributed by atoms with Gasteiger partial charge in [0.05, 0.1) is 5.56 Å². The third kappa shape index (κ3) is 5.12. The van der Waals surface area contributed by atoms with Crippen LogP contribution in [0.4, 0.5) is 0 Å². The van der Waals surface area contributed by atoms with E-state index in [-0.39, 0.29) is 16.9 Å². The number of rotatable bonds is 6. The van der Waals surface area contributed by atoms with Crippen molar-refractivity contribution in [1.29, 1.82) is 0 Å². The van der Waals surface area contributed by atoms with Crippen molar-refractivity contribution in [3.8, 4) is 0 Å². The summed E-state index contributed by atoms with van der Waals surface area (Å²) in [4.78, 5) is 22.2. The fraction of sp³-hybridized carbons (Fsp3) is 0.429. The molecule has 0 radical (unpaired) electrons. The molecule has 1 aromatic carbocycles. The number of carboxylic acid groups (broad SMARTS) is 1. The molecule has 0 heterocycles.